The number of amides is 2. The van der Waals surface area contributed by atoms with E-state index in [1.165, 1.54) is 17.3 Å². The van der Waals surface area contributed by atoms with Crippen molar-refractivity contribution < 1.29 is 14.3 Å². The first kappa shape index (κ1) is 19.3. The summed E-state index contributed by atoms with van der Waals surface area (Å²) >= 11 is 1.33. The van der Waals surface area contributed by atoms with E-state index in [1.807, 2.05) is 54.3 Å². The van der Waals surface area contributed by atoms with E-state index >= 15 is 0 Å². The number of nitrogens with zero attached hydrogens (tertiary/aromatic N) is 1. The van der Waals surface area contributed by atoms with Crippen molar-refractivity contribution in [3.8, 4) is 5.75 Å². The van der Waals surface area contributed by atoms with Crippen molar-refractivity contribution in [2.75, 3.05) is 34.9 Å². The lowest BCUT2D eigenvalue weighted by Gasteiger charge is -2.29. The SMILES string of the molecule is CCOc1ccccc1NC(=O)CSCC(=O)N1CCCc2ccccc21. The molecular weight excluding hydrogens is 360 g/mol. The van der Waals surface area contributed by atoms with Gasteiger partial charge in [0.25, 0.3) is 0 Å². The zero-order valence-electron chi connectivity index (χ0n) is 15.4. The Morgan fingerprint density at radius 3 is 2.74 bits per heavy atom. The summed E-state index contributed by atoms with van der Waals surface area (Å²) in [5, 5.41) is 2.85. The number of ether oxygens (including phenoxy) is 1. The standard InChI is InChI=1S/C21H24N2O3S/c1-2-26-19-12-6-4-10-17(19)22-20(24)14-27-15-21(25)23-13-7-9-16-8-3-5-11-18(16)23/h3-6,8,10-12H,2,7,9,13-15H2,1H3,(H,22,24). The van der Waals surface area contributed by atoms with Crippen LogP contribution < -0.4 is 15.0 Å². The molecule has 3 rings (SSSR count). The minimum atomic E-state index is -0.140. The van der Waals surface area contributed by atoms with Crippen LogP contribution >= 0.6 is 11.8 Å². The highest BCUT2D eigenvalue weighted by Gasteiger charge is 2.22. The molecule has 2 aromatic rings. The lowest BCUT2D eigenvalue weighted by Crippen LogP contribution is -2.36. The monoisotopic (exact) mass is 384 g/mol. The summed E-state index contributed by atoms with van der Waals surface area (Å²) < 4.78 is 5.51. The Kier molecular flexibility index (Phi) is 6.76. The fourth-order valence-corrected chi connectivity index (χ4v) is 3.83. The zero-order chi connectivity index (χ0) is 19.1. The van der Waals surface area contributed by atoms with Gasteiger partial charge in [0.15, 0.2) is 0 Å². The van der Waals surface area contributed by atoms with Gasteiger partial charge in [0.2, 0.25) is 11.8 Å². The first-order valence-electron chi connectivity index (χ1n) is 9.16. The topological polar surface area (TPSA) is 58.6 Å². The Balaban J connectivity index is 1.50. The molecule has 142 valence electrons. The van der Waals surface area contributed by atoms with E-state index in [9.17, 15) is 9.59 Å². The van der Waals surface area contributed by atoms with E-state index in [0.717, 1.165) is 25.1 Å². The quantitative estimate of drug-likeness (QED) is 0.790. The number of thioether (sulfide) groups is 1. The van der Waals surface area contributed by atoms with Gasteiger partial charge < -0.3 is 15.0 Å². The Hall–Kier alpha value is -2.47. The molecule has 0 radical (unpaired) electrons. The molecule has 2 amide bonds. The summed E-state index contributed by atoms with van der Waals surface area (Å²) in [5.74, 6) is 1.07. The Morgan fingerprint density at radius 1 is 1.11 bits per heavy atom. The van der Waals surface area contributed by atoms with Gasteiger partial charge in [-0.15, -0.1) is 11.8 Å². The summed E-state index contributed by atoms with van der Waals surface area (Å²) in [4.78, 5) is 26.6. The van der Waals surface area contributed by atoms with E-state index in [2.05, 4.69) is 11.4 Å². The van der Waals surface area contributed by atoms with Crippen LogP contribution in [0.3, 0.4) is 0 Å². The first-order valence-corrected chi connectivity index (χ1v) is 10.3. The van der Waals surface area contributed by atoms with Crippen LogP contribution in [0.2, 0.25) is 0 Å². The highest BCUT2D eigenvalue weighted by atomic mass is 32.2. The Labute approximate surface area is 164 Å². The number of rotatable bonds is 7. The molecule has 2 aromatic carbocycles. The fraction of sp³-hybridized carbons (Fsp3) is 0.333. The zero-order valence-corrected chi connectivity index (χ0v) is 16.3. The van der Waals surface area contributed by atoms with Gasteiger partial charge in [-0.05, 0) is 43.5 Å². The number of carbonyl (C=O) groups is 2. The van der Waals surface area contributed by atoms with Gasteiger partial charge in [0.05, 0.1) is 23.8 Å². The summed E-state index contributed by atoms with van der Waals surface area (Å²) in [6.07, 6.45) is 1.98. The second-order valence-electron chi connectivity index (χ2n) is 6.25. The number of hydrogen-bond acceptors (Lipinski definition) is 4. The molecular formula is C21H24N2O3S. The predicted molar refractivity (Wildman–Crippen MR) is 111 cm³/mol. The van der Waals surface area contributed by atoms with Crippen LogP contribution in [0.1, 0.15) is 18.9 Å². The number of nitrogens with one attached hydrogen (secondary N) is 1. The Bertz CT molecular complexity index is 810. The summed E-state index contributed by atoms with van der Waals surface area (Å²) in [5.41, 5.74) is 2.87. The average Bonchev–Trinajstić information content (AvgIpc) is 2.69. The van der Waals surface area contributed by atoms with Crippen molar-refractivity contribution >= 4 is 35.0 Å². The van der Waals surface area contributed by atoms with Gasteiger partial charge in [-0.2, -0.15) is 0 Å². The molecule has 0 aliphatic carbocycles. The van der Waals surface area contributed by atoms with Crippen molar-refractivity contribution in [2.45, 2.75) is 19.8 Å². The number of para-hydroxylation sites is 3. The van der Waals surface area contributed by atoms with Crippen molar-refractivity contribution in [3.63, 3.8) is 0 Å². The van der Waals surface area contributed by atoms with Gasteiger partial charge in [-0.3, -0.25) is 9.59 Å². The van der Waals surface area contributed by atoms with Crippen molar-refractivity contribution in [2.24, 2.45) is 0 Å². The number of benzene rings is 2. The Morgan fingerprint density at radius 2 is 1.89 bits per heavy atom. The maximum absolute atomic E-state index is 12.6. The number of carbonyl (C=O) groups excluding carboxylic acids is 2. The summed E-state index contributed by atoms with van der Waals surface area (Å²) in [7, 11) is 0. The molecule has 0 aromatic heterocycles. The van der Waals surface area contributed by atoms with Crippen molar-refractivity contribution in [1.29, 1.82) is 0 Å². The third-order valence-corrected chi connectivity index (χ3v) is 5.25. The van der Waals surface area contributed by atoms with Gasteiger partial charge in [-0.25, -0.2) is 0 Å². The second kappa shape index (κ2) is 9.46. The van der Waals surface area contributed by atoms with Crippen LogP contribution in [0.25, 0.3) is 0 Å². The molecule has 0 fully saturated rings. The molecule has 0 atom stereocenters. The van der Waals surface area contributed by atoms with Crippen LogP contribution in [0.4, 0.5) is 11.4 Å². The molecule has 5 nitrogen and oxygen atoms in total. The summed E-state index contributed by atoms with van der Waals surface area (Å²) in [6, 6.07) is 15.4. The number of aryl methyl sites for hydroxylation is 1. The van der Waals surface area contributed by atoms with E-state index in [0.29, 0.717) is 18.0 Å². The van der Waals surface area contributed by atoms with Crippen LogP contribution in [0.5, 0.6) is 5.75 Å². The maximum Gasteiger partial charge on any atom is 0.236 e. The molecule has 0 unspecified atom stereocenters. The highest BCUT2D eigenvalue weighted by Crippen LogP contribution is 2.27. The van der Waals surface area contributed by atoms with Gasteiger partial charge in [-0.1, -0.05) is 30.3 Å². The minimum absolute atomic E-state index is 0.0506. The van der Waals surface area contributed by atoms with Crippen molar-refractivity contribution in [1.82, 2.24) is 0 Å². The normalized spacial score (nSPS) is 13.0. The minimum Gasteiger partial charge on any atom is -0.492 e. The van der Waals surface area contributed by atoms with E-state index in [4.69, 9.17) is 4.74 Å². The number of hydrogen-bond donors (Lipinski definition) is 1. The van der Waals surface area contributed by atoms with Crippen LogP contribution in [-0.4, -0.2) is 36.5 Å². The predicted octanol–water partition coefficient (Wildman–Crippen LogP) is 3.74. The third kappa shape index (κ3) is 5.04. The fourth-order valence-electron chi connectivity index (χ4n) is 3.14. The number of anilines is 2. The van der Waals surface area contributed by atoms with Crippen LogP contribution in [-0.2, 0) is 16.0 Å². The van der Waals surface area contributed by atoms with E-state index in [-0.39, 0.29) is 23.3 Å². The number of fused-ring (bicyclic) bond motifs is 1. The molecule has 0 saturated heterocycles. The van der Waals surface area contributed by atoms with E-state index < -0.39 is 0 Å². The molecule has 1 aliphatic heterocycles. The molecule has 0 bridgehead atoms. The lowest BCUT2D eigenvalue weighted by atomic mass is 10.0. The molecule has 1 N–H and O–H groups in total. The highest BCUT2D eigenvalue weighted by molar-refractivity contribution is 8.00. The van der Waals surface area contributed by atoms with Gasteiger partial charge in [0, 0.05) is 12.2 Å². The van der Waals surface area contributed by atoms with Crippen LogP contribution in [0, 0.1) is 0 Å². The maximum atomic E-state index is 12.6. The lowest BCUT2D eigenvalue weighted by molar-refractivity contribution is -0.116. The van der Waals surface area contributed by atoms with Gasteiger partial charge in [0.1, 0.15) is 5.75 Å². The van der Waals surface area contributed by atoms with Crippen molar-refractivity contribution in [3.05, 3.63) is 54.1 Å². The molecule has 1 aliphatic rings. The molecule has 1 heterocycles. The van der Waals surface area contributed by atoms with Crippen LogP contribution in [0.15, 0.2) is 48.5 Å². The molecule has 0 saturated carbocycles. The van der Waals surface area contributed by atoms with E-state index in [1.54, 1.807) is 0 Å². The smallest absolute Gasteiger partial charge is 0.236 e. The third-order valence-electron chi connectivity index (χ3n) is 4.33. The first-order chi connectivity index (χ1) is 13.2. The molecule has 27 heavy (non-hydrogen) atoms. The van der Waals surface area contributed by atoms with Gasteiger partial charge >= 0.3 is 0 Å². The second-order valence-corrected chi connectivity index (χ2v) is 7.23. The average molecular weight is 385 g/mol. The molecule has 6 heteroatoms. The molecule has 0 spiro atoms. The largest absolute Gasteiger partial charge is 0.492 e. The summed E-state index contributed by atoms with van der Waals surface area (Å²) in [6.45, 7) is 3.18.